The largest absolute Gasteiger partial charge is 0.493 e. The predicted octanol–water partition coefficient (Wildman–Crippen LogP) is 2.51. The van der Waals surface area contributed by atoms with Crippen LogP contribution in [-0.4, -0.2) is 24.9 Å². The highest BCUT2D eigenvalue weighted by Crippen LogP contribution is 2.27. The van der Waals surface area contributed by atoms with Gasteiger partial charge in [-0.3, -0.25) is 0 Å². The summed E-state index contributed by atoms with van der Waals surface area (Å²) in [5, 5.41) is 13.0. The summed E-state index contributed by atoms with van der Waals surface area (Å²) < 4.78 is 5.51. The molecule has 2 rings (SSSR count). The number of ether oxygens (including phenoxy) is 1. The Balaban J connectivity index is 1.89. The Bertz CT molecular complexity index is 405. The molecule has 3 nitrogen and oxygen atoms in total. The maximum atomic E-state index is 9.54. The molecule has 106 valence electrons. The van der Waals surface area contributed by atoms with Crippen LogP contribution in [0, 0.1) is 5.41 Å². The van der Waals surface area contributed by atoms with Crippen LogP contribution in [-0.2, 0) is 13.0 Å². The van der Waals surface area contributed by atoms with Crippen LogP contribution >= 0.6 is 0 Å². The minimum absolute atomic E-state index is 0.0276. The van der Waals surface area contributed by atoms with Gasteiger partial charge in [-0.05, 0) is 30.0 Å². The van der Waals surface area contributed by atoms with Crippen molar-refractivity contribution in [1.82, 2.24) is 5.32 Å². The molecule has 0 bridgehead atoms. The van der Waals surface area contributed by atoms with Gasteiger partial charge in [0.25, 0.3) is 0 Å². The van der Waals surface area contributed by atoms with E-state index in [1.54, 1.807) is 0 Å². The first-order valence-corrected chi connectivity index (χ1v) is 7.29. The molecule has 0 saturated carbocycles. The van der Waals surface area contributed by atoms with Crippen LogP contribution in [0.15, 0.2) is 18.2 Å². The highest BCUT2D eigenvalue weighted by atomic mass is 16.5. The van der Waals surface area contributed by atoms with Gasteiger partial charge in [0, 0.05) is 31.5 Å². The van der Waals surface area contributed by atoms with Crippen LogP contribution in [0.2, 0.25) is 0 Å². The lowest BCUT2D eigenvalue weighted by atomic mass is 9.83. The van der Waals surface area contributed by atoms with Crippen LogP contribution in [0.1, 0.15) is 37.8 Å². The topological polar surface area (TPSA) is 41.5 Å². The molecule has 0 spiro atoms. The monoisotopic (exact) mass is 263 g/mol. The number of fused-ring (bicyclic) bond motifs is 1. The Morgan fingerprint density at radius 3 is 2.79 bits per heavy atom. The zero-order valence-electron chi connectivity index (χ0n) is 12.0. The third-order valence-electron chi connectivity index (χ3n) is 4.42. The van der Waals surface area contributed by atoms with Gasteiger partial charge in [-0.2, -0.15) is 0 Å². The molecular formula is C16H25NO2. The first-order chi connectivity index (χ1) is 9.23. The van der Waals surface area contributed by atoms with Crippen molar-refractivity contribution in [1.29, 1.82) is 0 Å². The van der Waals surface area contributed by atoms with Crippen molar-refractivity contribution in [2.75, 3.05) is 19.8 Å². The lowest BCUT2D eigenvalue weighted by molar-refractivity contribution is 0.113. The molecule has 3 heteroatoms. The number of hydrogen-bond donors (Lipinski definition) is 2. The van der Waals surface area contributed by atoms with Crippen LogP contribution in [0.3, 0.4) is 0 Å². The fourth-order valence-electron chi connectivity index (χ4n) is 2.60. The molecule has 19 heavy (non-hydrogen) atoms. The Morgan fingerprint density at radius 2 is 2.11 bits per heavy atom. The molecule has 0 atom stereocenters. The first-order valence-electron chi connectivity index (χ1n) is 7.29. The van der Waals surface area contributed by atoms with Crippen molar-refractivity contribution >= 4 is 0 Å². The number of nitrogens with one attached hydrogen (secondary N) is 1. The zero-order chi connectivity index (χ0) is 13.7. The molecule has 0 saturated heterocycles. The van der Waals surface area contributed by atoms with E-state index in [-0.39, 0.29) is 12.0 Å². The van der Waals surface area contributed by atoms with E-state index in [9.17, 15) is 5.11 Å². The van der Waals surface area contributed by atoms with E-state index in [1.165, 1.54) is 11.1 Å². The Kier molecular flexibility index (Phi) is 4.83. The van der Waals surface area contributed by atoms with Gasteiger partial charge in [0.05, 0.1) is 6.61 Å². The third-order valence-corrected chi connectivity index (χ3v) is 4.42. The standard InChI is InChI=1S/C16H25NO2/c1-3-16(4-2,12-18)11-17-10-13-5-6-15-14(9-13)7-8-19-15/h5-6,9,17-18H,3-4,7-8,10-12H2,1-2H3. The molecule has 0 aliphatic carbocycles. The summed E-state index contributed by atoms with van der Waals surface area (Å²) in [4.78, 5) is 0. The lowest BCUT2D eigenvalue weighted by Gasteiger charge is -2.29. The number of rotatable bonds is 7. The number of aliphatic hydroxyl groups is 1. The maximum absolute atomic E-state index is 9.54. The van der Waals surface area contributed by atoms with E-state index in [0.29, 0.717) is 0 Å². The van der Waals surface area contributed by atoms with Crippen molar-refractivity contribution in [2.24, 2.45) is 5.41 Å². The fourth-order valence-corrected chi connectivity index (χ4v) is 2.60. The van der Waals surface area contributed by atoms with Gasteiger partial charge >= 0.3 is 0 Å². The van der Waals surface area contributed by atoms with E-state index in [2.05, 4.69) is 37.4 Å². The quantitative estimate of drug-likeness (QED) is 0.794. The van der Waals surface area contributed by atoms with Crippen LogP contribution < -0.4 is 10.1 Å². The SMILES string of the molecule is CCC(CC)(CO)CNCc1ccc2c(c1)CCO2. The second-order valence-corrected chi connectivity index (χ2v) is 5.51. The van der Waals surface area contributed by atoms with Gasteiger partial charge in [0.1, 0.15) is 5.75 Å². The molecule has 1 aliphatic rings. The molecule has 0 unspecified atom stereocenters. The summed E-state index contributed by atoms with van der Waals surface area (Å²) >= 11 is 0. The van der Waals surface area contributed by atoms with Crippen molar-refractivity contribution in [3.05, 3.63) is 29.3 Å². The van der Waals surface area contributed by atoms with Gasteiger partial charge in [-0.15, -0.1) is 0 Å². The van der Waals surface area contributed by atoms with Gasteiger partial charge in [0.15, 0.2) is 0 Å². The summed E-state index contributed by atoms with van der Waals surface area (Å²) in [6.07, 6.45) is 3.03. The first kappa shape index (κ1) is 14.4. The summed E-state index contributed by atoms with van der Waals surface area (Å²) in [5.74, 6) is 1.04. The van der Waals surface area contributed by atoms with Crippen molar-refractivity contribution < 1.29 is 9.84 Å². The number of benzene rings is 1. The zero-order valence-corrected chi connectivity index (χ0v) is 12.0. The Labute approximate surface area is 116 Å². The van der Waals surface area contributed by atoms with Gasteiger partial charge in [0.2, 0.25) is 0 Å². The smallest absolute Gasteiger partial charge is 0.122 e. The predicted molar refractivity (Wildman–Crippen MR) is 77.4 cm³/mol. The van der Waals surface area contributed by atoms with Crippen LogP contribution in [0.25, 0.3) is 0 Å². The molecule has 1 heterocycles. The summed E-state index contributed by atoms with van der Waals surface area (Å²) in [6, 6.07) is 6.42. The molecule has 0 aromatic heterocycles. The second-order valence-electron chi connectivity index (χ2n) is 5.51. The van der Waals surface area contributed by atoms with Crippen molar-refractivity contribution in [3.8, 4) is 5.75 Å². The van der Waals surface area contributed by atoms with Gasteiger partial charge < -0.3 is 15.2 Å². The molecule has 0 fully saturated rings. The molecular weight excluding hydrogens is 238 g/mol. The van der Waals surface area contributed by atoms with Crippen molar-refractivity contribution in [3.63, 3.8) is 0 Å². The van der Waals surface area contributed by atoms with E-state index >= 15 is 0 Å². The highest BCUT2D eigenvalue weighted by Gasteiger charge is 2.24. The Morgan fingerprint density at radius 1 is 1.32 bits per heavy atom. The average molecular weight is 263 g/mol. The van der Waals surface area contributed by atoms with Gasteiger partial charge in [-0.1, -0.05) is 26.0 Å². The summed E-state index contributed by atoms with van der Waals surface area (Å²) in [7, 11) is 0. The van der Waals surface area contributed by atoms with E-state index in [4.69, 9.17) is 4.74 Å². The Hall–Kier alpha value is -1.06. The normalized spacial score (nSPS) is 14.3. The second kappa shape index (κ2) is 6.40. The van der Waals surface area contributed by atoms with E-state index < -0.39 is 0 Å². The minimum Gasteiger partial charge on any atom is -0.493 e. The highest BCUT2D eigenvalue weighted by molar-refractivity contribution is 5.39. The van der Waals surface area contributed by atoms with Crippen molar-refractivity contribution in [2.45, 2.75) is 39.7 Å². The molecule has 2 N–H and O–H groups in total. The molecule has 0 amide bonds. The lowest BCUT2D eigenvalue weighted by Crippen LogP contribution is -2.36. The van der Waals surface area contributed by atoms with E-state index in [0.717, 1.165) is 44.7 Å². The number of aliphatic hydroxyl groups excluding tert-OH is 1. The van der Waals surface area contributed by atoms with Crippen LogP contribution in [0.4, 0.5) is 0 Å². The van der Waals surface area contributed by atoms with Crippen LogP contribution in [0.5, 0.6) is 5.75 Å². The molecule has 1 aromatic carbocycles. The van der Waals surface area contributed by atoms with Gasteiger partial charge in [-0.25, -0.2) is 0 Å². The number of hydrogen-bond acceptors (Lipinski definition) is 3. The molecule has 0 radical (unpaired) electrons. The molecule has 1 aliphatic heterocycles. The van der Waals surface area contributed by atoms with E-state index in [1.807, 2.05) is 0 Å². The summed E-state index contributed by atoms with van der Waals surface area (Å²) in [6.45, 7) is 7.08. The third kappa shape index (κ3) is 3.28. The summed E-state index contributed by atoms with van der Waals surface area (Å²) in [5.41, 5.74) is 2.64. The average Bonchev–Trinajstić information content (AvgIpc) is 2.92. The molecule has 1 aromatic rings. The minimum atomic E-state index is 0.0276. The maximum Gasteiger partial charge on any atom is 0.122 e. The fraction of sp³-hybridized carbons (Fsp3) is 0.625.